The van der Waals surface area contributed by atoms with Crippen LogP contribution in [0, 0.1) is 0 Å². The van der Waals surface area contributed by atoms with E-state index < -0.39 is 0 Å². The predicted octanol–water partition coefficient (Wildman–Crippen LogP) is 3.00. The number of aromatic nitrogens is 1. The maximum atomic E-state index is 12.1. The zero-order chi connectivity index (χ0) is 18.5. The minimum Gasteiger partial charge on any atom is -0.484 e. The van der Waals surface area contributed by atoms with Gasteiger partial charge in [-0.3, -0.25) is 4.79 Å². The molecule has 2 heterocycles. The van der Waals surface area contributed by atoms with E-state index in [0.29, 0.717) is 17.4 Å². The Morgan fingerprint density at radius 1 is 1.04 bits per heavy atom. The number of likely N-dealkylation sites (tertiary alicyclic amines) is 1. The van der Waals surface area contributed by atoms with E-state index in [1.165, 1.54) is 12.8 Å². The summed E-state index contributed by atoms with van der Waals surface area (Å²) in [7, 11) is 0. The molecule has 2 aromatic rings. The molecule has 1 amide bonds. The highest BCUT2D eigenvalue weighted by Gasteiger charge is 2.32. The lowest BCUT2D eigenvalue weighted by atomic mass is 10.0. The third-order valence-electron chi connectivity index (χ3n) is 5.01. The first-order valence-corrected chi connectivity index (χ1v) is 9.61. The molecular weight excluding hydrogens is 342 g/mol. The van der Waals surface area contributed by atoms with Crippen LogP contribution >= 0.6 is 0 Å². The number of hydrogen-bond donors (Lipinski definition) is 1. The van der Waals surface area contributed by atoms with Gasteiger partial charge in [-0.05, 0) is 56.0 Å². The highest BCUT2D eigenvalue weighted by Crippen LogP contribution is 2.29. The summed E-state index contributed by atoms with van der Waals surface area (Å²) >= 11 is 0. The Kier molecular flexibility index (Phi) is 5.53. The van der Waals surface area contributed by atoms with Crippen molar-refractivity contribution >= 4 is 5.91 Å². The molecule has 6 heteroatoms. The molecule has 1 aromatic heterocycles. The lowest BCUT2D eigenvalue weighted by Crippen LogP contribution is -2.46. The second-order valence-electron chi connectivity index (χ2n) is 7.14. The van der Waals surface area contributed by atoms with E-state index in [-0.39, 0.29) is 18.6 Å². The van der Waals surface area contributed by atoms with Crippen LogP contribution in [0.5, 0.6) is 17.4 Å². The van der Waals surface area contributed by atoms with Crippen molar-refractivity contribution in [1.82, 2.24) is 15.2 Å². The quantitative estimate of drug-likeness (QED) is 0.815. The van der Waals surface area contributed by atoms with Crippen molar-refractivity contribution in [2.75, 3.05) is 19.7 Å². The van der Waals surface area contributed by atoms with Gasteiger partial charge in [0.05, 0.1) is 0 Å². The van der Waals surface area contributed by atoms with Crippen LogP contribution in [-0.2, 0) is 4.79 Å². The smallest absolute Gasteiger partial charge is 0.258 e. The molecule has 1 saturated carbocycles. The first-order chi connectivity index (χ1) is 13.3. The zero-order valence-electron chi connectivity index (χ0n) is 15.3. The number of carbonyl (C=O) groups excluding carboxylic acids is 1. The van der Waals surface area contributed by atoms with Gasteiger partial charge in [-0.25, -0.2) is 4.98 Å². The molecule has 0 unspecified atom stereocenters. The van der Waals surface area contributed by atoms with E-state index >= 15 is 0 Å². The molecule has 0 radical (unpaired) electrons. The summed E-state index contributed by atoms with van der Waals surface area (Å²) in [6.07, 6.45) is 6.43. The summed E-state index contributed by atoms with van der Waals surface area (Å²) < 4.78 is 11.2. The van der Waals surface area contributed by atoms with Gasteiger partial charge in [0.25, 0.3) is 5.91 Å². The number of benzene rings is 1. The molecule has 142 valence electrons. The molecule has 1 aliphatic carbocycles. The van der Waals surface area contributed by atoms with Crippen LogP contribution in [0.15, 0.2) is 48.7 Å². The number of carbonyl (C=O) groups is 1. The third-order valence-corrected chi connectivity index (χ3v) is 5.01. The molecule has 2 fully saturated rings. The van der Waals surface area contributed by atoms with Crippen molar-refractivity contribution < 1.29 is 14.3 Å². The van der Waals surface area contributed by atoms with E-state index in [2.05, 4.69) is 15.2 Å². The lowest BCUT2D eigenvalue weighted by molar-refractivity contribution is -0.124. The van der Waals surface area contributed by atoms with Crippen LogP contribution in [0.4, 0.5) is 0 Å². The van der Waals surface area contributed by atoms with Gasteiger partial charge in [-0.2, -0.15) is 0 Å². The number of piperidine rings is 1. The van der Waals surface area contributed by atoms with Crippen LogP contribution in [0.3, 0.4) is 0 Å². The average Bonchev–Trinajstić information content (AvgIpc) is 3.54. The van der Waals surface area contributed by atoms with Gasteiger partial charge in [0, 0.05) is 37.4 Å². The summed E-state index contributed by atoms with van der Waals surface area (Å²) in [4.78, 5) is 18.8. The van der Waals surface area contributed by atoms with Crippen molar-refractivity contribution in [3.8, 4) is 17.4 Å². The molecule has 4 rings (SSSR count). The predicted molar refractivity (Wildman–Crippen MR) is 102 cm³/mol. The zero-order valence-corrected chi connectivity index (χ0v) is 15.3. The van der Waals surface area contributed by atoms with Crippen LogP contribution < -0.4 is 14.8 Å². The average molecular weight is 367 g/mol. The molecule has 0 atom stereocenters. The second-order valence-corrected chi connectivity index (χ2v) is 7.14. The van der Waals surface area contributed by atoms with Gasteiger partial charge >= 0.3 is 0 Å². The summed E-state index contributed by atoms with van der Waals surface area (Å²) in [5, 5.41) is 3.09. The molecule has 2 aliphatic rings. The van der Waals surface area contributed by atoms with Gasteiger partial charge in [0.2, 0.25) is 5.88 Å². The standard InChI is InChI=1S/C21H25N3O3/c25-20(23-16-10-13-24(14-11-16)17-4-5-17)15-26-18-6-8-19(9-7-18)27-21-3-1-2-12-22-21/h1-3,6-9,12,16-17H,4-5,10-11,13-15H2,(H,23,25). The fraction of sp³-hybridized carbons (Fsp3) is 0.429. The van der Waals surface area contributed by atoms with E-state index in [0.717, 1.165) is 32.0 Å². The van der Waals surface area contributed by atoms with Crippen molar-refractivity contribution in [2.45, 2.75) is 37.8 Å². The number of nitrogens with one attached hydrogen (secondary N) is 1. The number of hydrogen-bond acceptors (Lipinski definition) is 5. The molecular formula is C21H25N3O3. The second kappa shape index (κ2) is 8.39. The van der Waals surface area contributed by atoms with Crippen LogP contribution in [-0.4, -0.2) is 47.6 Å². The van der Waals surface area contributed by atoms with Gasteiger partial charge in [-0.1, -0.05) is 6.07 Å². The monoisotopic (exact) mass is 367 g/mol. The minimum atomic E-state index is -0.0614. The van der Waals surface area contributed by atoms with Crippen LogP contribution in [0.25, 0.3) is 0 Å². The largest absolute Gasteiger partial charge is 0.484 e. The fourth-order valence-electron chi connectivity index (χ4n) is 3.40. The lowest BCUT2D eigenvalue weighted by Gasteiger charge is -2.32. The number of rotatable bonds is 7. The van der Waals surface area contributed by atoms with Crippen molar-refractivity contribution in [3.63, 3.8) is 0 Å². The molecule has 6 nitrogen and oxygen atoms in total. The highest BCUT2D eigenvalue weighted by molar-refractivity contribution is 5.77. The van der Waals surface area contributed by atoms with Crippen molar-refractivity contribution in [3.05, 3.63) is 48.7 Å². The van der Waals surface area contributed by atoms with Gasteiger partial charge in [0.1, 0.15) is 11.5 Å². The number of amides is 1. The Balaban J connectivity index is 1.18. The molecule has 27 heavy (non-hydrogen) atoms. The number of nitrogens with zero attached hydrogens (tertiary/aromatic N) is 2. The fourth-order valence-corrected chi connectivity index (χ4v) is 3.40. The topological polar surface area (TPSA) is 63.7 Å². The Hall–Kier alpha value is -2.60. The Labute approximate surface area is 159 Å². The normalized spacial score (nSPS) is 18.1. The maximum absolute atomic E-state index is 12.1. The Morgan fingerprint density at radius 2 is 1.78 bits per heavy atom. The minimum absolute atomic E-state index is 0.0310. The highest BCUT2D eigenvalue weighted by atomic mass is 16.5. The van der Waals surface area contributed by atoms with E-state index in [4.69, 9.17) is 9.47 Å². The van der Waals surface area contributed by atoms with E-state index in [1.54, 1.807) is 36.5 Å². The molecule has 0 bridgehead atoms. The van der Waals surface area contributed by atoms with Crippen molar-refractivity contribution in [1.29, 1.82) is 0 Å². The van der Waals surface area contributed by atoms with E-state index in [9.17, 15) is 4.79 Å². The maximum Gasteiger partial charge on any atom is 0.258 e. The Bertz CT molecular complexity index is 739. The first kappa shape index (κ1) is 17.8. The molecule has 1 aliphatic heterocycles. The third kappa shape index (κ3) is 5.20. The van der Waals surface area contributed by atoms with E-state index in [1.807, 2.05) is 12.1 Å². The van der Waals surface area contributed by atoms with Gasteiger partial charge < -0.3 is 19.7 Å². The first-order valence-electron chi connectivity index (χ1n) is 9.61. The molecule has 1 aromatic carbocycles. The summed E-state index contributed by atoms with van der Waals surface area (Å²) in [5.74, 6) is 1.79. The van der Waals surface area contributed by atoms with Gasteiger partial charge in [-0.15, -0.1) is 0 Å². The number of pyridine rings is 1. The SMILES string of the molecule is O=C(COc1ccc(Oc2ccccn2)cc1)NC1CCN(C2CC2)CC1. The van der Waals surface area contributed by atoms with Crippen molar-refractivity contribution in [2.24, 2.45) is 0 Å². The molecule has 1 saturated heterocycles. The molecule has 0 spiro atoms. The summed E-state index contributed by atoms with van der Waals surface area (Å²) in [5.41, 5.74) is 0. The summed E-state index contributed by atoms with van der Waals surface area (Å²) in [6.45, 7) is 2.21. The molecule has 1 N–H and O–H groups in total. The van der Waals surface area contributed by atoms with Crippen LogP contribution in [0.2, 0.25) is 0 Å². The van der Waals surface area contributed by atoms with Gasteiger partial charge in [0.15, 0.2) is 6.61 Å². The summed E-state index contributed by atoms with van der Waals surface area (Å²) in [6, 6.07) is 13.8. The van der Waals surface area contributed by atoms with Crippen LogP contribution in [0.1, 0.15) is 25.7 Å². The number of ether oxygens (including phenoxy) is 2. The Morgan fingerprint density at radius 3 is 2.44 bits per heavy atom.